The summed E-state index contributed by atoms with van der Waals surface area (Å²) in [6, 6.07) is 5.42. The Morgan fingerprint density at radius 3 is 2.62 bits per heavy atom. The van der Waals surface area contributed by atoms with Gasteiger partial charge in [0.2, 0.25) is 5.91 Å². The van der Waals surface area contributed by atoms with Crippen LogP contribution in [0.3, 0.4) is 0 Å². The van der Waals surface area contributed by atoms with Crippen LogP contribution in [0.1, 0.15) is 11.3 Å². The number of aryl methyl sites for hydroxylation is 1. The number of nitrogens with one attached hydrogen (secondary N) is 2. The second-order valence-corrected chi connectivity index (χ2v) is 6.31. The van der Waals surface area contributed by atoms with E-state index in [9.17, 15) is 19.5 Å². The predicted octanol–water partition coefficient (Wildman–Crippen LogP) is 0.172. The van der Waals surface area contributed by atoms with Crippen LogP contribution in [0, 0.1) is 6.92 Å². The third-order valence-electron chi connectivity index (χ3n) is 3.38. The molecule has 0 aliphatic rings. The summed E-state index contributed by atoms with van der Waals surface area (Å²) in [7, 11) is 1.24. The molecule has 3 N–H and O–H groups in total. The maximum Gasteiger partial charge on any atom is 0.328 e. The van der Waals surface area contributed by atoms with Gasteiger partial charge in [-0.2, -0.15) is 0 Å². The van der Waals surface area contributed by atoms with Crippen molar-refractivity contribution in [1.29, 1.82) is 0 Å². The van der Waals surface area contributed by atoms with Crippen molar-refractivity contribution in [2.45, 2.75) is 24.5 Å². The normalized spacial score (nSPS) is 11.6. The molecule has 2 rings (SSSR count). The Balaban J connectivity index is 1.97. The molecule has 0 fully saturated rings. The topological polar surface area (TPSA) is 134 Å². The molecule has 0 aliphatic carbocycles. The van der Waals surface area contributed by atoms with Crippen molar-refractivity contribution in [2.24, 2.45) is 0 Å². The zero-order chi connectivity index (χ0) is 19.1. The number of aromatic nitrogens is 3. The van der Waals surface area contributed by atoms with Crippen molar-refractivity contribution < 1.29 is 19.4 Å². The molecule has 0 saturated carbocycles. The van der Waals surface area contributed by atoms with Crippen molar-refractivity contribution in [3.05, 3.63) is 45.9 Å². The number of esters is 1. The number of aromatic amines is 1. The highest BCUT2D eigenvalue weighted by molar-refractivity contribution is 7.99. The molecule has 0 bridgehead atoms. The van der Waals surface area contributed by atoms with Gasteiger partial charge >= 0.3 is 5.97 Å². The average molecular weight is 378 g/mol. The first-order valence-corrected chi connectivity index (χ1v) is 8.59. The number of methoxy groups -OCH3 is 1. The van der Waals surface area contributed by atoms with Gasteiger partial charge in [-0.1, -0.05) is 23.9 Å². The highest BCUT2D eigenvalue weighted by Gasteiger charge is 2.22. The molecule has 2 aromatic rings. The fourth-order valence-corrected chi connectivity index (χ4v) is 2.63. The summed E-state index contributed by atoms with van der Waals surface area (Å²) < 4.78 is 4.72. The molecule has 0 unspecified atom stereocenters. The Bertz CT molecular complexity index is 837. The minimum atomic E-state index is -0.874. The molecule has 0 spiro atoms. The first kappa shape index (κ1) is 19.4. The Morgan fingerprint density at radius 2 is 2.00 bits per heavy atom. The van der Waals surface area contributed by atoms with E-state index in [0.29, 0.717) is 0 Å². The quantitative estimate of drug-likeness (QED) is 0.458. The van der Waals surface area contributed by atoms with E-state index < -0.39 is 17.9 Å². The molecular formula is C16H18N4O5S. The van der Waals surface area contributed by atoms with Gasteiger partial charge in [-0.3, -0.25) is 14.6 Å². The molecule has 1 atom stereocenters. The molecule has 1 amide bonds. The third kappa shape index (κ3) is 5.59. The second kappa shape index (κ2) is 8.99. The van der Waals surface area contributed by atoms with Crippen LogP contribution in [0.15, 0.2) is 34.2 Å². The van der Waals surface area contributed by atoms with Crippen LogP contribution in [-0.2, 0) is 20.7 Å². The highest BCUT2D eigenvalue weighted by atomic mass is 32.2. The molecule has 1 aromatic carbocycles. The summed E-state index contributed by atoms with van der Waals surface area (Å²) in [6.45, 7) is 1.53. The summed E-state index contributed by atoms with van der Waals surface area (Å²) in [5, 5.41) is 19.6. The van der Waals surface area contributed by atoms with Crippen LogP contribution in [0.4, 0.5) is 0 Å². The first-order valence-electron chi connectivity index (χ1n) is 7.60. The standard InChI is InChI=1S/C16H18N4O5S/c1-9-14(23)18-16(20-19-9)26-8-13(22)17-12(15(24)25-2)7-10-3-5-11(21)6-4-10/h3-6,12,21H,7-8H2,1-2H3,(H,17,22)(H,18,20,23)/t12-/m1/s1. The number of H-pyrrole nitrogens is 1. The van der Waals surface area contributed by atoms with Gasteiger partial charge in [0.1, 0.15) is 17.5 Å². The number of phenols is 1. The number of amides is 1. The van der Waals surface area contributed by atoms with Crippen LogP contribution in [0.5, 0.6) is 5.75 Å². The molecule has 138 valence electrons. The van der Waals surface area contributed by atoms with Crippen LogP contribution >= 0.6 is 11.8 Å². The summed E-state index contributed by atoms with van der Waals surface area (Å²) in [5.41, 5.74) is 0.612. The van der Waals surface area contributed by atoms with Crippen molar-refractivity contribution in [3.63, 3.8) is 0 Å². The van der Waals surface area contributed by atoms with Gasteiger partial charge in [0.25, 0.3) is 5.56 Å². The summed E-state index contributed by atoms with van der Waals surface area (Å²) in [6.07, 6.45) is 0.213. The number of benzene rings is 1. The molecular weight excluding hydrogens is 360 g/mol. The zero-order valence-electron chi connectivity index (χ0n) is 14.2. The Kier molecular flexibility index (Phi) is 6.73. The third-order valence-corrected chi connectivity index (χ3v) is 4.24. The van der Waals surface area contributed by atoms with Crippen molar-refractivity contribution in [2.75, 3.05) is 12.9 Å². The van der Waals surface area contributed by atoms with E-state index in [1.54, 1.807) is 12.1 Å². The molecule has 0 saturated heterocycles. The highest BCUT2D eigenvalue weighted by Crippen LogP contribution is 2.13. The molecule has 0 radical (unpaired) electrons. The molecule has 10 heteroatoms. The lowest BCUT2D eigenvalue weighted by atomic mass is 10.1. The minimum Gasteiger partial charge on any atom is -0.508 e. The summed E-state index contributed by atoms with van der Waals surface area (Å²) in [5.74, 6) is -0.958. The number of thioether (sulfide) groups is 1. The second-order valence-electron chi connectivity index (χ2n) is 5.35. The van der Waals surface area contributed by atoms with E-state index >= 15 is 0 Å². The van der Waals surface area contributed by atoms with Crippen LogP contribution in [0.2, 0.25) is 0 Å². The number of rotatable bonds is 7. The van der Waals surface area contributed by atoms with Gasteiger partial charge in [-0.25, -0.2) is 4.79 Å². The SMILES string of the molecule is COC(=O)[C@@H](Cc1ccc(O)cc1)NC(=O)CSc1nnc(C)c(=O)[nH]1. The van der Waals surface area contributed by atoms with E-state index in [2.05, 4.69) is 20.5 Å². The van der Waals surface area contributed by atoms with Crippen LogP contribution < -0.4 is 10.9 Å². The van der Waals surface area contributed by atoms with E-state index in [-0.39, 0.29) is 34.3 Å². The molecule has 1 aromatic heterocycles. The molecule has 9 nitrogen and oxygen atoms in total. The van der Waals surface area contributed by atoms with Crippen molar-refractivity contribution in [3.8, 4) is 5.75 Å². The van der Waals surface area contributed by atoms with E-state index in [1.165, 1.54) is 26.2 Å². The predicted molar refractivity (Wildman–Crippen MR) is 93.9 cm³/mol. The fourth-order valence-electron chi connectivity index (χ4n) is 2.02. The lowest BCUT2D eigenvalue weighted by molar-refractivity contribution is -0.144. The monoisotopic (exact) mass is 378 g/mol. The molecule has 0 aliphatic heterocycles. The number of aromatic hydroxyl groups is 1. The number of carbonyl (C=O) groups excluding carboxylic acids is 2. The van der Waals surface area contributed by atoms with E-state index in [1.807, 2.05) is 0 Å². The largest absolute Gasteiger partial charge is 0.508 e. The van der Waals surface area contributed by atoms with Gasteiger partial charge in [-0.15, -0.1) is 10.2 Å². The Morgan fingerprint density at radius 1 is 1.31 bits per heavy atom. The van der Waals surface area contributed by atoms with Crippen molar-refractivity contribution >= 4 is 23.6 Å². The Hall–Kier alpha value is -2.88. The fraction of sp³-hybridized carbons (Fsp3) is 0.312. The minimum absolute atomic E-state index is 0.0588. The zero-order valence-corrected chi connectivity index (χ0v) is 15.0. The van der Waals surface area contributed by atoms with Gasteiger partial charge in [0.05, 0.1) is 12.9 Å². The smallest absolute Gasteiger partial charge is 0.328 e. The summed E-state index contributed by atoms with van der Waals surface area (Å²) in [4.78, 5) is 38.0. The maximum atomic E-state index is 12.1. The number of phenolic OH excluding ortho intramolecular Hbond substituents is 1. The van der Waals surface area contributed by atoms with Gasteiger partial charge in [-0.05, 0) is 24.6 Å². The van der Waals surface area contributed by atoms with Gasteiger partial charge in [0.15, 0.2) is 5.16 Å². The number of ether oxygens (including phenoxy) is 1. The molecule has 26 heavy (non-hydrogen) atoms. The van der Waals surface area contributed by atoms with Gasteiger partial charge < -0.3 is 15.2 Å². The average Bonchev–Trinajstić information content (AvgIpc) is 2.63. The van der Waals surface area contributed by atoms with E-state index in [4.69, 9.17) is 4.74 Å². The van der Waals surface area contributed by atoms with Crippen LogP contribution in [0.25, 0.3) is 0 Å². The lowest BCUT2D eigenvalue weighted by Gasteiger charge is -2.16. The Labute approximate surface area is 153 Å². The van der Waals surface area contributed by atoms with Gasteiger partial charge in [0, 0.05) is 6.42 Å². The molecule has 1 heterocycles. The maximum absolute atomic E-state index is 12.1. The number of nitrogens with zero attached hydrogens (tertiary/aromatic N) is 2. The summed E-state index contributed by atoms with van der Waals surface area (Å²) >= 11 is 0.995. The van der Waals surface area contributed by atoms with Crippen LogP contribution in [-0.4, -0.2) is 51.1 Å². The van der Waals surface area contributed by atoms with E-state index in [0.717, 1.165) is 17.3 Å². The van der Waals surface area contributed by atoms with Crippen molar-refractivity contribution in [1.82, 2.24) is 20.5 Å². The lowest BCUT2D eigenvalue weighted by Crippen LogP contribution is -2.43. The number of carbonyl (C=O) groups is 2. The first-order chi connectivity index (χ1) is 12.4. The number of hydrogen-bond acceptors (Lipinski definition) is 8. The number of hydrogen-bond donors (Lipinski definition) is 3.